The summed E-state index contributed by atoms with van der Waals surface area (Å²) in [6.07, 6.45) is 0.557. The first-order valence-corrected chi connectivity index (χ1v) is 10.7. The summed E-state index contributed by atoms with van der Waals surface area (Å²) in [6, 6.07) is 13.3. The Hall–Kier alpha value is -3.16. The first-order chi connectivity index (χ1) is 15.2. The SMILES string of the molecule is CN(C)CCCN1C(=O)C(=O)C(=C(O)c2ccc(Cl)cc2)[C@@]12C(=O)N(C)c1ccccc12. The summed E-state index contributed by atoms with van der Waals surface area (Å²) in [5.41, 5.74) is -0.516. The molecule has 0 aromatic heterocycles. The van der Waals surface area contributed by atoms with Gasteiger partial charge in [0, 0.05) is 35.4 Å². The Kier molecular flexibility index (Phi) is 5.56. The lowest BCUT2D eigenvalue weighted by atomic mass is 9.82. The van der Waals surface area contributed by atoms with Gasteiger partial charge in [-0.1, -0.05) is 29.8 Å². The molecule has 2 aliphatic rings. The molecule has 32 heavy (non-hydrogen) atoms. The summed E-state index contributed by atoms with van der Waals surface area (Å²) >= 11 is 5.97. The topological polar surface area (TPSA) is 81.2 Å². The molecule has 2 heterocycles. The van der Waals surface area contributed by atoms with Gasteiger partial charge in [0.15, 0.2) is 5.54 Å². The molecule has 0 bridgehead atoms. The molecule has 7 nitrogen and oxygen atoms in total. The van der Waals surface area contributed by atoms with Crippen LogP contribution in [0.5, 0.6) is 0 Å². The Morgan fingerprint density at radius 3 is 2.38 bits per heavy atom. The van der Waals surface area contributed by atoms with Gasteiger partial charge in [-0.25, -0.2) is 0 Å². The van der Waals surface area contributed by atoms with Crippen molar-refractivity contribution >= 4 is 40.6 Å². The number of hydrogen-bond acceptors (Lipinski definition) is 5. The predicted molar refractivity (Wildman–Crippen MR) is 122 cm³/mol. The van der Waals surface area contributed by atoms with Crippen LogP contribution in [0.4, 0.5) is 5.69 Å². The van der Waals surface area contributed by atoms with Crippen LogP contribution in [0.25, 0.3) is 5.76 Å². The molecule has 0 radical (unpaired) electrons. The zero-order chi connectivity index (χ0) is 23.2. The number of ketones is 1. The van der Waals surface area contributed by atoms with Crippen molar-refractivity contribution < 1.29 is 19.5 Å². The van der Waals surface area contributed by atoms with Gasteiger partial charge >= 0.3 is 0 Å². The Morgan fingerprint density at radius 1 is 1.06 bits per heavy atom. The van der Waals surface area contributed by atoms with Crippen LogP contribution in [-0.4, -0.2) is 66.7 Å². The largest absolute Gasteiger partial charge is 0.507 e. The third-order valence-corrected chi connectivity index (χ3v) is 6.30. The minimum absolute atomic E-state index is 0.189. The van der Waals surface area contributed by atoms with Crippen LogP contribution in [0, 0.1) is 0 Å². The second kappa shape index (κ2) is 8.07. The summed E-state index contributed by atoms with van der Waals surface area (Å²) in [7, 11) is 5.43. The Labute approximate surface area is 191 Å². The van der Waals surface area contributed by atoms with Crippen molar-refractivity contribution in [1.82, 2.24) is 9.80 Å². The molecule has 2 aromatic carbocycles. The molecular weight excluding hydrogens is 430 g/mol. The van der Waals surface area contributed by atoms with Crippen LogP contribution in [0.3, 0.4) is 0 Å². The van der Waals surface area contributed by atoms with E-state index in [0.717, 1.165) is 0 Å². The van der Waals surface area contributed by atoms with Crippen LogP contribution >= 0.6 is 11.6 Å². The number of nitrogens with zero attached hydrogens (tertiary/aromatic N) is 3. The molecule has 2 aliphatic heterocycles. The molecule has 2 amide bonds. The third-order valence-electron chi connectivity index (χ3n) is 6.04. The molecule has 0 saturated carbocycles. The fourth-order valence-electron chi connectivity index (χ4n) is 4.57. The van der Waals surface area contributed by atoms with Crippen molar-refractivity contribution in [2.45, 2.75) is 12.0 Å². The number of hydrogen-bond donors (Lipinski definition) is 1. The molecule has 2 aromatic rings. The number of carbonyl (C=O) groups is 3. The maximum atomic E-state index is 13.8. The van der Waals surface area contributed by atoms with Gasteiger partial charge in [0.05, 0.1) is 5.57 Å². The summed E-state index contributed by atoms with van der Waals surface area (Å²) in [5, 5.41) is 11.7. The van der Waals surface area contributed by atoms with E-state index in [9.17, 15) is 19.5 Å². The number of para-hydroxylation sites is 1. The minimum atomic E-state index is -1.71. The van der Waals surface area contributed by atoms with E-state index in [1.165, 1.54) is 9.80 Å². The van der Waals surface area contributed by atoms with E-state index in [-0.39, 0.29) is 12.1 Å². The van der Waals surface area contributed by atoms with Gasteiger partial charge in [-0.05, 0) is 57.4 Å². The lowest BCUT2D eigenvalue weighted by molar-refractivity contribution is -0.143. The predicted octanol–water partition coefficient (Wildman–Crippen LogP) is 2.84. The summed E-state index contributed by atoms with van der Waals surface area (Å²) in [4.78, 5) is 45.0. The fourth-order valence-corrected chi connectivity index (χ4v) is 4.69. The van der Waals surface area contributed by atoms with Crippen molar-refractivity contribution in [2.24, 2.45) is 0 Å². The number of fused-ring (bicyclic) bond motifs is 2. The fraction of sp³-hybridized carbons (Fsp3) is 0.292. The van der Waals surface area contributed by atoms with Crippen LogP contribution in [-0.2, 0) is 19.9 Å². The van der Waals surface area contributed by atoms with Crippen LogP contribution < -0.4 is 4.90 Å². The van der Waals surface area contributed by atoms with Gasteiger partial charge in [-0.15, -0.1) is 0 Å². The molecule has 0 aliphatic carbocycles. The van der Waals surface area contributed by atoms with E-state index in [2.05, 4.69) is 0 Å². The molecule has 1 N–H and O–H groups in total. The van der Waals surface area contributed by atoms with Crippen molar-refractivity contribution in [3.05, 3.63) is 70.3 Å². The number of aliphatic hydroxyl groups excluding tert-OH is 1. The van der Waals surface area contributed by atoms with E-state index in [4.69, 9.17) is 11.6 Å². The number of rotatable bonds is 5. The maximum Gasteiger partial charge on any atom is 0.296 e. The van der Waals surface area contributed by atoms with E-state index < -0.39 is 28.9 Å². The Morgan fingerprint density at radius 2 is 1.72 bits per heavy atom. The highest BCUT2D eigenvalue weighted by Crippen LogP contribution is 2.53. The van der Waals surface area contributed by atoms with E-state index in [1.54, 1.807) is 55.6 Å². The lowest BCUT2D eigenvalue weighted by Gasteiger charge is -2.34. The number of likely N-dealkylation sites (N-methyl/N-ethyl adjacent to an activating group) is 1. The number of anilines is 1. The normalized spacial score (nSPS) is 21.8. The van der Waals surface area contributed by atoms with Crippen LogP contribution in [0.15, 0.2) is 54.1 Å². The molecule has 1 fully saturated rings. The van der Waals surface area contributed by atoms with E-state index >= 15 is 0 Å². The van der Waals surface area contributed by atoms with Crippen LogP contribution in [0.1, 0.15) is 17.5 Å². The van der Waals surface area contributed by atoms with Gasteiger partial charge in [-0.3, -0.25) is 14.4 Å². The molecule has 0 unspecified atom stereocenters. The zero-order valence-corrected chi connectivity index (χ0v) is 18.9. The number of benzene rings is 2. The first-order valence-electron chi connectivity index (χ1n) is 10.3. The van der Waals surface area contributed by atoms with E-state index in [0.29, 0.717) is 34.8 Å². The van der Waals surface area contributed by atoms with Gasteiger partial charge < -0.3 is 19.8 Å². The van der Waals surface area contributed by atoms with Crippen molar-refractivity contribution in [1.29, 1.82) is 0 Å². The van der Waals surface area contributed by atoms with Crippen molar-refractivity contribution in [3.63, 3.8) is 0 Å². The number of amides is 2. The smallest absolute Gasteiger partial charge is 0.296 e. The summed E-state index contributed by atoms with van der Waals surface area (Å²) < 4.78 is 0. The summed E-state index contributed by atoms with van der Waals surface area (Å²) in [5.74, 6) is -2.51. The highest BCUT2D eigenvalue weighted by Gasteiger charge is 2.66. The first kappa shape index (κ1) is 22.0. The van der Waals surface area contributed by atoms with Crippen molar-refractivity contribution in [3.8, 4) is 0 Å². The quantitative estimate of drug-likeness (QED) is 0.427. The average molecular weight is 454 g/mol. The molecule has 8 heteroatoms. The second-order valence-corrected chi connectivity index (χ2v) is 8.70. The molecule has 1 spiro atoms. The standard InChI is InChI=1S/C24H24ClN3O4/c1-26(2)13-6-14-28-22(31)21(30)19(20(29)15-9-11-16(25)12-10-15)24(28)17-7-4-5-8-18(17)27(3)23(24)32/h4-5,7-12,29H,6,13-14H2,1-3H3/t24-/m0/s1. The average Bonchev–Trinajstić information content (AvgIpc) is 3.13. The number of halogens is 1. The number of likely N-dealkylation sites (tertiary alicyclic amines) is 1. The van der Waals surface area contributed by atoms with Crippen LogP contribution in [0.2, 0.25) is 5.02 Å². The number of aliphatic hydroxyl groups is 1. The highest BCUT2D eigenvalue weighted by molar-refractivity contribution is 6.50. The maximum absolute atomic E-state index is 13.8. The summed E-state index contributed by atoms with van der Waals surface area (Å²) in [6.45, 7) is 0.857. The second-order valence-electron chi connectivity index (χ2n) is 8.26. The molecule has 1 saturated heterocycles. The van der Waals surface area contributed by atoms with Gasteiger partial charge in [0.25, 0.3) is 17.6 Å². The van der Waals surface area contributed by atoms with Crippen molar-refractivity contribution in [2.75, 3.05) is 39.1 Å². The van der Waals surface area contributed by atoms with Gasteiger partial charge in [-0.2, -0.15) is 0 Å². The Bertz CT molecular complexity index is 1140. The molecular formula is C24H24ClN3O4. The minimum Gasteiger partial charge on any atom is -0.507 e. The van der Waals surface area contributed by atoms with Gasteiger partial charge in [0.2, 0.25) is 0 Å². The zero-order valence-electron chi connectivity index (χ0n) is 18.1. The molecule has 4 rings (SSSR count). The molecule has 166 valence electrons. The molecule has 1 atom stereocenters. The third kappa shape index (κ3) is 3.12. The Balaban J connectivity index is 1.98. The highest BCUT2D eigenvalue weighted by atomic mass is 35.5. The van der Waals surface area contributed by atoms with Gasteiger partial charge in [0.1, 0.15) is 5.76 Å². The monoisotopic (exact) mass is 453 g/mol. The lowest BCUT2D eigenvalue weighted by Crippen LogP contribution is -2.51. The number of Topliss-reactive ketones (excluding diaryl/α,β-unsaturated/α-hetero) is 1. The van der Waals surface area contributed by atoms with E-state index in [1.807, 2.05) is 19.0 Å². The number of carbonyl (C=O) groups excluding carboxylic acids is 3.